The van der Waals surface area contributed by atoms with Gasteiger partial charge in [0.25, 0.3) is 5.78 Å². The molecule has 0 radical (unpaired) electrons. The average molecular weight is 477 g/mol. The van der Waals surface area contributed by atoms with E-state index in [0.717, 1.165) is 17.5 Å². The van der Waals surface area contributed by atoms with Crippen LogP contribution in [0.4, 0.5) is 5.13 Å². The third kappa shape index (κ3) is 4.48. The van der Waals surface area contributed by atoms with Gasteiger partial charge in [-0.05, 0) is 47.2 Å². The highest BCUT2D eigenvalue weighted by Gasteiger charge is 2.48. The number of ketones is 1. The van der Waals surface area contributed by atoms with Gasteiger partial charge in [-0.1, -0.05) is 52.0 Å². The third-order valence-electron chi connectivity index (χ3n) is 5.76. The maximum absolute atomic E-state index is 13.2. The summed E-state index contributed by atoms with van der Waals surface area (Å²) in [7, 11) is 0. The van der Waals surface area contributed by atoms with Crippen molar-refractivity contribution in [2.24, 2.45) is 0 Å². The number of aliphatic hydroxyl groups is 1. The molecule has 0 saturated carbocycles. The number of hydrogen-bond acceptors (Lipinski definition) is 6. The van der Waals surface area contributed by atoms with Crippen LogP contribution >= 0.6 is 11.3 Å². The number of carbonyl (C=O) groups is 2. The number of benzene rings is 2. The monoisotopic (exact) mass is 476 g/mol. The van der Waals surface area contributed by atoms with Crippen molar-refractivity contribution < 1.29 is 19.4 Å². The molecule has 0 spiro atoms. The summed E-state index contributed by atoms with van der Waals surface area (Å²) in [6.07, 6.45) is 2.48. The third-order valence-corrected chi connectivity index (χ3v) is 6.53. The minimum atomic E-state index is -0.781. The van der Waals surface area contributed by atoms with E-state index in [1.165, 1.54) is 16.2 Å². The number of hydrogen-bond donors (Lipinski definition) is 1. The van der Waals surface area contributed by atoms with Gasteiger partial charge in [0.2, 0.25) is 0 Å². The van der Waals surface area contributed by atoms with Crippen molar-refractivity contribution in [2.75, 3.05) is 11.5 Å². The van der Waals surface area contributed by atoms with Gasteiger partial charge in [0.05, 0.1) is 18.2 Å². The van der Waals surface area contributed by atoms with Gasteiger partial charge in [-0.3, -0.25) is 14.5 Å². The molecule has 1 fully saturated rings. The molecule has 1 aromatic heterocycles. The summed E-state index contributed by atoms with van der Waals surface area (Å²) in [6.45, 7) is 8.98. The van der Waals surface area contributed by atoms with Gasteiger partial charge < -0.3 is 9.84 Å². The number of amides is 1. The van der Waals surface area contributed by atoms with Crippen LogP contribution in [0.25, 0.3) is 5.76 Å². The molecule has 0 bridgehead atoms. The maximum atomic E-state index is 13.2. The van der Waals surface area contributed by atoms with Crippen LogP contribution in [0.3, 0.4) is 0 Å². The summed E-state index contributed by atoms with van der Waals surface area (Å²) in [5.74, 6) is -0.978. The lowest BCUT2D eigenvalue weighted by atomic mass is 9.85. The Kier molecular flexibility index (Phi) is 6.57. The second kappa shape index (κ2) is 9.43. The largest absolute Gasteiger partial charge is 0.507 e. The Morgan fingerprint density at radius 3 is 2.32 bits per heavy atom. The van der Waals surface area contributed by atoms with Gasteiger partial charge in [-0.2, -0.15) is 0 Å². The van der Waals surface area contributed by atoms with E-state index < -0.39 is 17.7 Å². The Morgan fingerprint density at radius 2 is 1.76 bits per heavy atom. The van der Waals surface area contributed by atoms with Gasteiger partial charge in [0.15, 0.2) is 5.13 Å². The van der Waals surface area contributed by atoms with Crippen molar-refractivity contribution in [2.45, 2.75) is 45.6 Å². The molecule has 6 nitrogen and oxygen atoms in total. The van der Waals surface area contributed by atoms with Crippen LogP contribution in [0, 0.1) is 0 Å². The summed E-state index contributed by atoms with van der Waals surface area (Å²) in [4.78, 5) is 31.9. The summed E-state index contributed by atoms with van der Waals surface area (Å²) >= 11 is 1.27. The molecule has 34 heavy (non-hydrogen) atoms. The first-order chi connectivity index (χ1) is 16.2. The Balaban J connectivity index is 1.82. The maximum Gasteiger partial charge on any atom is 0.301 e. The number of rotatable bonds is 6. The first-order valence-electron chi connectivity index (χ1n) is 11.3. The predicted molar refractivity (Wildman–Crippen MR) is 134 cm³/mol. The molecule has 0 aliphatic carbocycles. The predicted octanol–water partition coefficient (Wildman–Crippen LogP) is 5.86. The van der Waals surface area contributed by atoms with Gasteiger partial charge in [-0.25, -0.2) is 4.98 Å². The molecule has 1 N–H and O–H groups in total. The molecular weight excluding hydrogens is 448 g/mol. The van der Waals surface area contributed by atoms with Crippen LogP contribution in [0.5, 0.6) is 5.75 Å². The summed E-state index contributed by atoms with van der Waals surface area (Å²) in [5, 5.41) is 13.4. The lowest BCUT2D eigenvalue weighted by molar-refractivity contribution is -0.132. The van der Waals surface area contributed by atoms with Crippen molar-refractivity contribution in [1.82, 2.24) is 4.98 Å². The minimum Gasteiger partial charge on any atom is -0.507 e. The van der Waals surface area contributed by atoms with E-state index in [9.17, 15) is 14.7 Å². The van der Waals surface area contributed by atoms with Crippen molar-refractivity contribution in [3.63, 3.8) is 0 Å². The lowest BCUT2D eigenvalue weighted by Crippen LogP contribution is -2.29. The molecule has 176 valence electrons. The van der Waals surface area contributed by atoms with Crippen LogP contribution in [0.1, 0.15) is 56.8 Å². The molecule has 4 rings (SSSR count). The topological polar surface area (TPSA) is 79.7 Å². The minimum absolute atomic E-state index is 0.0444. The molecule has 3 aromatic rings. The average Bonchev–Trinajstić information content (AvgIpc) is 3.44. The molecule has 1 atom stereocenters. The fraction of sp³-hybridized carbons (Fsp3) is 0.296. The Morgan fingerprint density at radius 1 is 1.09 bits per heavy atom. The molecule has 1 saturated heterocycles. The summed E-state index contributed by atoms with van der Waals surface area (Å²) in [6, 6.07) is 13.9. The molecule has 2 heterocycles. The van der Waals surface area contributed by atoms with Crippen LogP contribution in [-0.2, 0) is 15.0 Å². The second-order valence-electron chi connectivity index (χ2n) is 9.23. The van der Waals surface area contributed by atoms with E-state index in [1.807, 2.05) is 31.2 Å². The highest BCUT2D eigenvalue weighted by molar-refractivity contribution is 7.14. The van der Waals surface area contributed by atoms with E-state index in [4.69, 9.17) is 4.74 Å². The number of ether oxygens (including phenoxy) is 1. The van der Waals surface area contributed by atoms with Crippen LogP contribution < -0.4 is 9.64 Å². The zero-order valence-electron chi connectivity index (χ0n) is 19.7. The number of anilines is 1. The Bertz CT molecular complexity index is 1210. The molecule has 1 unspecified atom stereocenters. The number of aromatic nitrogens is 1. The number of nitrogens with zero attached hydrogens (tertiary/aromatic N) is 2. The Hall–Kier alpha value is -3.45. The second-order valence-corrected chi connectivity index (χ2v) is 10.1. The highest BCUT2D eigenvalue weighted by Crippen LogP contribution is 2.43. The molecular formula is C27H28N2O4S. The summed E-state index contributed by atoms with van der Waals surface area (Å²) < 4.78 is 5.61. The normalized spacial score (nSPS) is 17.9. The van der Waals surface area contributed by atoms with Gasteiger partial charge in [0, 0.05) is 17.1 Å². The van der Waals surface area contributed by atoms with E-state index in [-0.39, 0.29) is 16.7 Å². The smallest absolute Gasteiger partial charge is 0.301 e. The molecule has 1 aliphatic rings. The zero-order chi connectivity index (χ0) is 24.5. The fourth-order valence-electron chi connectivity index (χ4n) is 3.93. The number of thiazole rings is 1. The van der Waals surface area contributed by atoms with Crippen molar-refractivity contribution >= 4 is 33.9 Å². The first-order valence-corrected chi connectivity index (χ1v) is 12.1. The molecule has 7 heteroatoms. The first kappa shape index (κ1) is 23.7. The quantitative estimate of drug-likeness (QED) is 0.274. The summed E-state index contributed by atoms with van der Waals surface area (Å²) in [5.41, 5.74) is 2.30. The van der Waals surface area contributed by atoms with Gasteiger partial charge >= 0.3 is 5.91 Å². The molecule has 1 aliphatic heterocycles. The van der Waals surface area contributed by atoms with Gasteiger partial charge in [0.1, 0.15) is 11.5 Å². The fourth-order valence-corrected chi connectivity index (χ4v) is 4.60. The van der Waals surface area contributed by atoms with Gasteiger partial charge in [-0.15, -0.1) is 11.3 Å². The van der Waals surface area contributed by atoms with Crippen LogP contribution in [0.2, 0.25) is 0 Å². The standard InChI is InChI=1S/C27H28N2O4S/c1-5-15-33-20-12-8-18(9-13-20)23(30)21-22(17-6-10-19(11-7-17)27(2,3)4)29(25(32)24(21)31)26-28-14-16-34-26/h6-14,16,22,30H,5,15H2,1-4H3. The van der Waals surface area contributed by atoms with E-state index >= 15 is 0 Å². The van der Waals surface area contributed by atoms with Crippen molar-refractivity contribution in [1.29, 1.82) is 0 Å². The van der Waals surface area contributed by atoms with E-state index in [2.05, 4.69) is 25.8 Å². The highest BCUT2D eigenvalue weighted by atomic mass is 32.1. The molecule has 1 amide bonds. The lowest BCUT2D eigenvalue weighted by Gasteiger charge is -2.24. The molecule has 2 aromatic carbocycles. The SMILES string of the molecule is CCCOc1ccc(C(O)=C2C(=O)C(=O)N(c3nccs3)C2c2ccc(C(C)(C)C)cc2)cc1. The van der Waals surface area contributed by atoms with Crippen LogP contribution in [-0.4, -0.2) is 28.4 Å². The van der Waals surface area contributed by atoms with Crippen molar-refractivity contribution in [3.05, 3.63) is 82.4 Å². The zero-order valence-corrected chi connectivity index (χ0v) is 20.6. The van der Waals surface area contributed by atoms with E-state index in [0.29, 0.717) is 23.1 Å². The number of Topliss-reactive ketones (excluding diaryl/α,β-unsaturated/α-hetero) is 1. The number of carbonyl (C=O) groups excluding carboxylic acids is 2. The number of aliphatic hydroxyl groups excluding tert-OH is 1. The Labute approximate surface area is 203 Å². The van der Waals surface area contributed by atoms with Crippen LogP contribution in [0.15, 0.2) is 65.7 Å². The van der Waals surface area contributed by atoms with Crippen molar-refractivity contribution in [3.8, 4) is 5.75 Å². The van der Waals surface area contributed by atoms with E-state index in [1.54, 1.807) is 35.8 Å².